The number of halogens is 4. The molecule has 0 fully saturated rings. The van der Waals surface area contributed by atoms with Gasteiger partial charge in [0.25, 0.3) is 5.91 Å². The van der Waals surface area contributed by atoms with Crippen molar-refractivity contribution in [2.45, 2.75) is 51.6 Å². The van der Waals surface area contributed by atoms with Crippen LogP contribution in [0.4, 0.5) is 17.6 Å². The van der Waals surface area contributed by atoms with Crippen molar-refractivity contribution in [2.75, 3.05) is 7.11 Å². The van der Waals surface area contributed by atoms with Crippen molar-refractivity contribution in [3.63, 3.8) is 0 Å². The molecule has 194 valence electrons. The molecule has 2 atom stereocenters. The third kappa shape index (κ3) is 6.08. The highest BCUT2D eigenvalue weighted by Crippen LogP contribution is 2.26. The lowest BCUT2D eigenvalue weighted by Crippen LogP contribution is -2.43. The molecule has 13 heteroatoms. The Labute approximate surface area is 203 Å². The molecule has 0 radical (unpaired) electrons. The Bertz CT molecular complexity index is 1260. The van der Waals surface area contributed by atoms with E-state index >= 15 is 0 Å². The van der Waals surface area contributed by atoms with Gasteiger partial charge in [-0.3, -0.25) is 14.2 Å². The van der Waals surface area contributed by atoms with Crippen LogP contribution in [-0.2, 0) is 16.1 Å². The summed E-state index contributed by atoms with van der Waals surface area (Å²) in [5, 5.41) is 11.6. The van der Waals surface area contributed by atoms with Gasteiger partial charge in [-0.15, -0.1) is 0 Å². The van der Waals surface area contributed by atoms with E-state index in [9.17, 15) is 32.3 Å². The fourth-order valence-corrected chi connectivity index (χ4v) is 3.51. The summed E-state index contributed by atoms with van der Waals surface area (Å²) in [6, 6.07) is 2.88. The first-order chi connectivity index (χ1) is 16.9. The van der Waals surface area contributed by atoms with Crippen molar-refractivity contribution >= 4 is 17.5 Å². The number of nitrogens with one attached hydrogen (secondary N) is 1. The molecule has 0 aliphatic rings. The molecule has 3 aromatic rings. The molecule has 36 heavy (non-hydrogen) atoms. The maximum absolute atomic E-state index is 13.9. The van der Waals surface area contributed by atoms with E-state index < -0.39 is 48.9 Å². The van der Waals surface area contributed by atoms with Crippen molar-refractivity contribution in [3.8, 4) is 5.75 Å². The maximum atomic E-state index is 13.9. The summed E-state index contributed by atoms with van der Waals surface area (Å²) in [6.45, 7) is 3.05. The third-order valence-corrected chi connectivity index (χ3v) is 5.31. The van der Waals surface area contributed by atoms with Gasteiger partial charge in [0.2, 0.25) is 0 Å². The predicted octanol–water partition coefficient (Wildman–Crippen LogP) is 3.04. The lowest BCUT2D eigenvalue weighted by molar-refractivity contribution is -0.206. The number of hydrogen-bond acceptors (Lipinski definition) is 7. The van der Waals surface area contributed by atoms with Crippen molar-refractivity contribution in [1.82, 2.24) is 19.7 Å². The van der Waals surface area contributed by atoms with Crippen LogP contribution in [0.15, 0.2) is 30.6 Å². The second-order valence-corrected chi connectivity index (χ2v) is 8.03. The van der Waals surface area contributed by atoms with Crippen molar-refractivity contribution < 1.29 is 41.7 Å². The number of aryl methyl sites for hydroxylation is 2. The Morgan fingerprint density at radius 3 is 2.61 bits per heavy atom. The first-order valence-electron chi connectivity index (χ1n) is 10.8. The van der Waals surface area contributed by atoms with E-state index in [0.29, 0.717) is 5.56 Å². The molecule has 0 aromatic carbocycles. The number of pyridine rings is 2. The molecule has 3 aromatic heterocycles. The van der Waals surface area contributed by atoms with Gasteiger partial charge in [0.15, 0.2) is 11.4 Å². The number of aromatic nitrogens is 3. The molecule has 1 amide bonds. The van der Waals surface area contributed by atoms with Gasteiger partial charge < -0.3 is 19.9 Å². The highest BCUT2D eigenvalue weighted by molar-refractivity contribution is 5.97. The maximum Gasteiger partial charge on any atom is 0.414 e. The minimum atomic E-state index is -4.87. The minimum Gasteiger partial charge on any atom is -0.483 e. The van der Waals surface area contributed by atoms with Gasteiger partial charge in [0.1, 0.15) is 36.0 Å². The Kier molecular flexibility index (Phi) is 8.13. The van der Waals surface area contributed by atoms with Crippen LogP contribution < -0.4 is 10.1 Å². The molecule has 0 saturated carbocycles. The van der Waals surface area contributed by atoms with Crippen LogP contribution in [0.25, 0.3) is 5.65 Å². The van der Waals surface area contributed by atoms with E-state index in [4.69, 9.17) is 4.74 Å². The third-order valence-electron chi connectivity index (χ3n) is 5.31. The molecular formula is C23H24F4N4O5. The number of aliphatic hydroxyl groups is 1. The van der Waals surface area contributed by atoms with Gasteiger partial charge in [-0.05, 0) is 50.5 Å². The van der Waals surface area contributed by atoms with Gasteiger partial charge >= 0.3 is 12.1 Å². The number of carbonyl (C=O) groups is 2. The monoisotopic (exact) mass is 512 g/mol. The number of carbonyl (C=O) groups excluding carboxylic acids is 2. The summed E-state index contributed by atoms with van der Waals surface area (Å²) < 4.78 is 63.6. The van der Waals surface area contributed by atoms with Gasteiger partial charge in [0, 0.05) is 12.4 Å². The number of amides is 1. The zero-order chi connectivity index (χ0) is 26.6. The molecule has 2 unspecified atom stereocenters. The highest BCUT2D eigenvalue weighted by atomic mass is 19.4. The Hall–Kier alpha value is -3.74. The highest BCUT2D eigenvalue weighted by Gasteiger charge is 2.39. The lowest BCUT2D eigenvalue weighted by atomic mass is 10.1. The smallest absolute Gasteiger partial charge is 0.414 e. The molecule has 2 N–H and O–H groups in total. The van der Waals surface area contributed by atoms with Crippen LogP contribution in [0.1, 0.15) is 40.3 Å². The Morgan fingerprint density at radius 2 is 1.97 bits per heavy atom. The van der Waals surface area contributed by atoms with Gasteiger partial charge in [-0.25, -0.2) is 14.2 Å². The van der Waals surface area contributed by atoms with Crippen LogP contribution in [0, 0.1) is 19.7 Å². The number of alkyl halides is 3. The first-order valence-corrected chi connectivity index (χ1v) is 10.8. The van der Waals surface area contributed by atoms with Gasteiger partial charge in [-0.1, -0.05) is 0 Å². The number of ether oxygens (including phenoxy) is 2. The van der Waals surface area contributed by atoms with E-state index in [1.165, 1.54) is 29.7 Å². The van der Waals surface area contributed by atoms with E-state index in [0.717, 1.165) is 7.11 Å². The van der Waals surface area contributed by atoms with Gasteiger partial charge in [-0.2, -0.15) is 13.2 Å². The summed E-state index contributed by atoms with van der Waals surface area (Å²) in [5.41, 5.74) is 1.20. The predicted molar refractivity (Wildman–Crippen MR) is 118 cm³/mol. The van der Waals surface area contributed by atoms with Crippen LogP contribution in [0.2, 0.25) is 0 Å². The topological polar surface area (TPSA) is 115 Å². The molecule has 0 spiro atoms. The summed E-state index contributed by atoms with van der Waals surface area (Å²) in [5.74, 6) is -2.09. The standard InChI is InChI=1S/C23H24F4N4O5/c1-12-9-17(36-11-16-14(24)5-4-8-28-16)20-29-13(2)19(31(20)10-12)21(33)30-15(22(34)35-3)6-7-18(32)23(25,26)27/h4-5,8-10,15,18,32H,6-7,11H2,1-3H3,(H,30,33). The summed E-state index contributed by atoms with van der Waals surface area (Å²) in [7, 11) is 1.03. The fourth-order valence-electron chi connectivity index (χ4n) is 3.51. The van der Waals surface area contributed by atoms with Crippen molar-refractivity contribution in [3.05, 3.63) is 59.1 Å². The van der Waals surface area contributed by atoms with E-state index in [1.54, 1.807) is 19.2 Å². The molecular weight excluding hydrogens is 488 g/mol. The number of esters is 1. The summed E-state index contributed by atoms with van der Waals surface area (Å²) >= 11 is 0. The quantitative estimate of drug-likeness (QED) is 0.335. The molecule has 0 saturated heterocycles. The minimum absolute atomic E-state index is 0.00726. The number of rotatable bonds is 9. The largest absolute Gasteiger partial charge is 0.483 e. The average Bonchev–Trinajstić information content (AvgIpc) is 3.15. The average molecular weight is 512 g/mol. The molecule has 3 rings (SSSR count). The zero-order valence-electron chi connectivity index (χ0n) is 19.6. The summed E-state index contributed by atoms with van der Waals surface area (Å²) in [6.07, 6.45) is -5.87. The zero-order valence-corrected chi connectivity index (χ0v) is 19.6. The Balaban J connectivity index is 1.87. The first kappa shape index (κ1) is 26.9. The fraction of sp³-hybridized carbons (Fsp3) is 0.391. The number of methoxy groups -OCH3 is 1. The van der Waals surface area contributed by atoms with Crippen LogP contribution in [0.3, 0.4) is 0 Å². The number of imidazole rings is 1. The van der Waals surface area contributed by atoms with Crippen LogP contribution >= 0.6 is 0 Å². The van der Waals surface area contributed by atoms with E-state index in [2.05, 4.69) is 20.0 Å². The number of nitrogens with zero attached hydrogens (tertiary/aromatic N) is 3. The Morgan fingerprint density at radius 1 is 1.25 bits per heavy atom. The van der Waals surface area contributed by atoms with E-state index in [1.807, 2.05) is 0 Å². The van der Waals surface area contributed by atoms with Crippen molar-refractivity contribution in [1.29, 1.82) is 0 Å². The normalized spacial score (nSPS) is 13.3. The van der Waals surface area contributed by atoms with Crippen LogP contribution in [0.5, 0.6) is 5.75 Å². The number of fused-ring (bicyclic) bond motifs is 1. The summed E-state index contributed by atoms with van der Waals surface area (Å²) in [4.78, 5) is 33.5. The lowest BCUT2D eigenvalue weighted by Gasteiger charge is -2.19. The number of hydrogen-bond donors (Lipinski definition) is 2. The molecule has 9 nitrogen and oxygen atoms in total. The molecule has 3 heterocycles. The second-order valence-electron chi connectivity index (χ2n) is 8.03. The van der Waals surface area contributed by atoms with Gasteiger partial charge in [0.05, 0.1) is 12.8 Å². The molecule has 0 bridgehead atoms. The van der Waals surface area contributed by atoms with Crippen LogP contribution in [-0.4, -0.2) is 56.8 Å². The number of aliphatic hydroxyl groups excluding tert-OH is 1. The van der Waals surface area contributed by atoms with E-state index in [-0.39, 0.29) is 35.1 Å². The second kappa shape index (κ2) is 10.9. The SMILES string of the molecule is COC(=O)C(CCC(O)C(F)(F)F)NC(=O)c1c(C)nc2c(OCc3ncccc3F)cc(C)cn12. The van der Waals surface area contributed by atoms with Crippen molar-refractivity contribution in [2.24, 2.45) is 0 Å². The molecule has 0 aliphatic heterocycles. The molecule has 0 aliphatic carbocycles.